The number of carbonyl (C=O) groups excluding carboxylic acids is 1. The van der Waals surface area contributed by atoms with E-state index >= 15 is 0 Å². The van der Waals surface area contributed by atoms with Crippen LogP contribution >= 0.6 is 0 Å². The van der Waals surface area contributed by atoms with Crippen molar-refractivity contribution in [3.63, 3.8) is 0 Å². The highest BCUT2D eigenvalue weighted by molar-refractivity contribution is 5.66. The minimum absolute atomic E-state index is 0.0841. The molecule has 0 aliphatic heterocycles. The van der Waals surface area contributed by atoms with Crippen molar-refractivity contribution < 1.29 is 9.53 Å². The van der Waals surface area contributed by atoms with Gasteiger partial charge in [0.05, 0.1) is 0 Å². The molecule has 2 nitrogen and oxygen atoms in total. The molecule has 0 aromatic rings. The molecular formula is C18H28O2. The average Bonchev–Trinajstić information content (AvgIpc) is 2.54. The van der Waals surface area contributed by atoms with Gasteiger partial charge in [-0.25, -0.2) is 0 Å². The maximum atomic E-state index is 11.5. The van der Waals surface area contributed by atoms with Crippen LogP contribution in [-0.4, -0.2) is 12.1 Å². The molecule has 0 amide bonds. The molecule has 4 aliphatic carbocycles. The zero-order valence-electron chi connectivity index (χ0n) is 13.8. The highest BCUT2D eigenvalue weighted by Gasteiger charge is 2.67. The number of carbonyl (C=O) groups is 1. The zero-order valence-corrected chi connectivity index (χ0v) is 13.8. The number of rotatable bonds is 1. The second-order valence-corrected chi connectivity index (χ2v) is 8.26. The first-order valence-electron chi connectivity index (χ1n) is 8.03. The van der Waals surface area contributed by atoms with Crippen molar-refractivity contribution in [1.82, 2.24) is 0 Å². The van der Waals surface area contributed by atoms with Crippen molar-refractivity contribution in [2.45, 2.75) is 73.3 Å². The summed E-state index contributed by atoms with van der Waals surface area (Å²) >= 11 is 0. The van der Waals surface area contributed by atoms with E-state index in [2.05, 4.69) is 34.6 Å². The Labute approximate surface area is 123 Å². The number of hydrogen-bond acceptors (Lipinski definition) is 2. The molecule has 20 heavy (non-hydrogen) atoms. The van der Waals surface area contributed by atoms with E-state index in [1.54, 1.807) is 18.1 Å². The van der Waals surface area contributed by atoms with Gasteiger partial charge in [0.2, 0.25) is 0 Å². The third-order valence-corrected chi connectivity index (χ3v) is 7.19. The molecular weight excluding hydrogens is 248 g/mol. The van der Waals surface area contributed by atoms with Gasteiger partial charge in [0.25, 0.3) is 0 Å². The molecule has 4 atom stereocenters. The second-order valence-electron chi connectivity index (χ2n) is 8.26. The lowest BCUT2D eigenvalue weighted by Gasteiger charge is -2.65. The van der Waals surface area contributed by atoms with Crippen LogP contribution in [0.5, 0.6) is 0 Å². The second kappa shape index (κ2) is 3.90. The largest absolute Gasteiger partial charge is 0.462 e. The SMILES string of the molecule is CC(=O)O[C@@H]1C[C@@]23CC[C@]1(C)C(C)(C)C2=C(C)CC3C. The summed E-state index contributed by atoms with van der Waals surface area (Å²) in [5, 5.41) is 0. The third-order valence-electron chi connectivity index (χ3n) is 7.19. The van der Waals surface area contributed by atoms with Crippen LogP contribution in [-0.2, 0) is 9.53 Å². The summed E-state index contributed by atoms with van der Waals surface area (Å²) in [4.78, 5) is 11.5. The molecule has 3 saturated carbocycles. The molecule has 2 bridgehead atoms. The molecule has 0 aromatic carbocycles. The first kappa shape index (κ1) is 14.2. The minimum atomic E-state index is -0.121. The van der Waals surface area contributed by atoms with E-state index < -0.39 is 0 Å². The molecule has 0 radical (unpaired) electrons. The fraction of sp³-hybridized carbons (Fsp3) is 0.833. The number of ether oxygens (including phenoxy) is 1. The predicted molar refractivity (Wildman–Crippen MR) is 80.2 cm³/mol. The van der Waals surface area contributed by atoms with Crippen LogP contribution in [0.4, 0.5) is 0 Å². The van der Waals surface area contributed by atoms with Crippen LogP contribution in [0.15, 0.2) is 11.1 Å². The third kappa shape index (κ3) is 1.43. The number of hydrogen-bond donors (Lipinski definition) is 0. The molecule has 4 aliphatic rings. The summed E-state index contributed by atoms with van der Waals surface area (Å²) < 4.78 is 5.79. The smallest absolute Gasteiger partial charge is 0.302 e. The topological polar surface area (TPSA) is 26.3 Å². The normalized spacial score (nSPS) is 45.5. The number of fused-ring (bicyclic) bond motifs is 2. The van der Waals surface area contributed by atoms with E-state index in [9.17, 15) is 4.79 Å². The molecule has 0 heterocycles. The lowest BCUT2D eigenvalue weighted by Crippen LogP contribution is -2.61. The lowest BCUT2D eigenvalue weighted by atomic mass is 9.40. The maximum Gasteiger partial charge on any atom is 0.302 e. The van der Waals surface area contributed by atoms with E-state index in [-0.39, 0.29) is 22.9 Å². The van der Waals surface area contributed by atoms with Crippen LogP contribution < -0.4 is 0 Å². The van der Waals surface area contributed by atoms with E-state index in [4.69, 9.17) is 4.74 Å². The minimum Gasteiger partial charge on any atom is -0.462 e. The summed E-state index contributed by atoms with van der Waals surface area (Å²) in [6.07, 6.45) is 4.81. The molecule has 1 unspecified atom stereocenters. The molecule has 0 aromatic heterocycles. The standard InChI is InChI=1S/C18H28O2/c1-11-9-12(2)18-8-7-17(6,16(4,5)15(11)18)14(10-18)20-13(3)19/h12,14H,7-10H2,1-6H3/t12?,14-,17+,18-/m1/s1. The number of esters is 1. The van der Waals surface area contributed by atoms with Crippen molar-refractivity contribution in [1.29, 1.82) is 0 Å². The lowest BCUT2D eigenvalue weighted by molar-refractivity contribution is -0.187. The molecule has 1 spiro atoms. The van der Waals surface area contributed by atoms with Gasteiger partial charge in [-0.15, -0.1) is 0 Å². The van der Waals surface area contributed by atoms with Gasteiger partial charge in [-0.3, -0.25) is 4.79 Å². The van der Waals surface area contributed by atoms with Gasteiger partial charge < -0.3 is 4.74 Å². The molecule has 0 saturated heterocycles. The Morgan fingerprint density at radius 1 is 1.25 bits per heavy atom. The van der Waals surface area contributed by atoms with Crippen LogP contribution in [0.3, 0.4) is 0 Å². The Morgan fingerprint density at radius 2 is 1.90 bits per heavy atom. The zero-order chi connectivity index (χ0) is 14.9. The van der Waals surface area contributed by atoms with Gasteiger partial charge >= 0.3 is 5.97 Å². The van der Waals surface area contributed by atoms with Crippen molar-refractivity contribution in [2.24, 2.45) is 22.2 Å². The molecule has 0 N–H and O–H groups in total. The first-order chi connectivity index (χ1) is 9.15. The van der Waals surface area contributed by atoms with Crippen LogP contribution in [0.25, 0.3) is 0 Å². The summed E-state index contributed by atoms with van der Waals surface area (Å²) in [5.41, 5.74) is 3.83. The van der Waals surface area contributed by atoms with Crippen LogP contribution in [0.2, 0.25) is 0 Å². The summed E-state index contributed by atoms with van der Waals surface area (Å²) in [7, 11) is 0. The Morgan fingerprint density at radius 3 is 2.50 bits per heavy atom. The Hall–Kier alpha value is -0.790. The Bertz CT molecular complexity index is 502. The van der Waals surface area contributed by atoms with Crippen LogP contribution in [0.1, 0.15) is 67.2 Å². The highest BCUT2D eigenvalue weighted by Crippen LogP contribution is 2.73. The van der Waals surface area contributed by atoms with Crippen molar-refractivity contribution in [3.8, 4) is 0 Å². The summed E-state index contributed by atoms with van der Waals surface area (Å²) in [6, 6.07) is 0. The molecule has 4 rings (SSSR count). The summed E-state index contributed by atoms with van der Waals surface area (Å²) in [5.74, 6) is 0.573. The van der Waals surface area contributed by atoms with E-state index in [0.717, 1.165) is 6.42 Å². The van der Waals surface area contributed by atoms with Crippen LogP contribution in [0, 0.1) is 22.2 Å². The van der Waals surface area contributed by atoms with Gasteiger partial charge in [-0.05, 0) is 49.4 Å². The predicted octanol–water partition coefficient (Wildman–Crippen LogP) is 4.49. The maximum absolute atomic E-state index is 11.5. The first-order valence-corrected chi connectivity index (χ1v) is 8.03. The Balaban J connectivity index is 2.13. The highest BCUT2D eigenvalue weighted by atomic mass is 16.5. The van der Waals surface area contributed by atoms with Gasteiger partial charge in [0.1, 0.15) is 6.10 Å². The van der Waals surface area contributed by atoms with Crippen molar-refractivity contribution >= 4 is 5.97 Å². The molecule has 112 valence electrons. The van der Waals surface area contributed by atoms with E-state index in [1.165, 1.54) is 19.3 Å². The van der Waals surface area contributed by atoms with Crippen molar-refractivity contribution in [2.75, 3.05) is 0 Å². The Kier molecular flexibility index (Phi) is 2.76. The summed E-state index contributed by atoms with van der Waals surface area (Å²) in [6.45, 7) is 13.4. The average molecular weight is 276 g/mol. The van der Waals surface area contributed by atoms with Gasteiger partial charge in [0, 0.05) is 12.3 Å². The molecule has 2 heteroatoms. The van der Waals surface area contributed by atoms with Gasteiger partial charge in [-0.2, -0.15) is 0 Å². The fourth-order valence-corrected chi connectivity index (χ4v) is 5.93. The molecule has 3 fully saturated rings. The number of allylic oxidation sites excluding steroid dienone is 2. The fourth-order valence-electron chi connectivity index (χ4n) is 5.93. The van der Waals surface area contributed by atoms with Gasteiger partial charge in [0.15, 0.2) is 0 Å². The quantitative estimate of drug-likeness (QED) is 0.521. The van der Waals surface area contributed by atoms with Crippen molar-refractivity contribution in [3.05, 3.63) is 11.1 Å². The monoisotopic (exact) mass is 276 g/mol. The van der Waals surface area contributed by atoms with Gasteiger partial charge in [-0.1, -0.05) is 38.8 Å². The van der Waals surface area contributed by atoms with E-state index in [1.807, 2.05) is 0 Å². The van der Waals surface area contributed by atoms with E-state index in [0.29, 0.717) is 11.3 Å².